The summed E-state index contributed by atoms with van der Waals surface area (Å²) in [5, 5.41) is 4.54. The van der Waals surface area contributed by atoms with Crippen molar-refractivity contribution in [3.63, 3.8) is 0 Å². The van der Waals surface area contributed by atoms with Gasteiger partial charge in [0, 0.05) is 25.1 Å². The van der Waals surface area contributed by atoms with Crippen LogP contribution in [-0.4, -0.2) is 31.3 Å². The van der Waals surface area contributed by atoms with E-state index < -0.39 is 0 Å². The third-order valence-corrected chi connectivity index (χ3v) is 2.93. The lowest BCUT2D eigenvalue weighted by molar-refractivity contribution is 0.141. The number of para-hydroxylation sites is 1. The largest absolute Gasteiger partial charge is 0.380 e. The van der Waals surface area contributed by atoms with Crippen LogP contribution in [0.25, 0.3) is 10.9 Å². The van der Waals surface area contributed by atoms with Crippen LogP contribution >= 0.6 is 0 Å². The maximum absolute atomic E-state index is 5.36. The molecule has 19 heavy (non-hydrogen) atoms. The summed E-state index contributed by atoms with van der Waals surface area (Å²) in [6.45, 7) is 4.88. The molecular weight excluding hydrogens is 238 g/mol. The first-order valence-corrected chi connectivity index (χ1v) is 6.69. The molecule has 0 bridgehead atoms. The zero-order valence-electron chi connectivity index (χ0n) is 11.4. The van der Waals surface area contributed by atoms with E-state index in [1.807, 2.05) is 18.2 Å². The summed E-state index contributed by atoms with van der Waals surface area (Å²) in [7, 11) is 0. The maximum Gasteiger partial charge on any atom is 0.129 e. The molecule has 2 rings (SSSR count). The van der Waals surface area contributed by atoms with Crippen LogP contribution in [-0.2, 0) is 4.74 Å². The predicted molar refractivity (Wildman–Crippen MR) is 79.5 cm³/mol. The number of aryl methyl sites for hydroxylation is 1. The minimum absolute atomic E-state index is 0.582. The van der Waals surface area contributed by atoms with E-state index in [-0.39, 0.29) is 0 Å². The van der Waals surface area contributed by atoms with Crippen molar-refractivity contribution in [2.45, 2.75) is 13.3 Å². The Kier molecular flexibility index (Phi) is 5.12. The predicted octanol–water partition coefficient (Wildman–Crippen LogP) is 2.32. The molecule has 0 unspecified atom stereocenters. The smallest absolute Gasteiger partial charge is 0.129 e. The Bertz CT molecular complexity index is 528. The summed E-state index contributed by atoms with van der Waals surface area (Å²) in [5.41, 5.74) is 7.55. The molecule has 0 spiro atoms. The highest BCUT2D eigenvalue weighted by Crippen LogP contribution is 2.19. The number of ether oxygens (including phenoxy) is 1. The van der Waals surface area contributed by atoms with Crippen molar-refractivity contribution in [1.29, 1.82) is 0 Å². The number of nitrogens with two attached hydrogens (primary N) is 1. The van der Waals surface area contributed by atoms with Crippen LogP contribution < -0.4 is 11.1 Å². The molecule has 0 fully saturated rings. The van der Waals surface area contributed by atoms with Gasteiger partial charge in [0.05, 0.1) is 12.1 Å². The van der Waals surface area contributed by atoms with Crippen molar-refractivity contribution in [3.8, 4) is 0 Å². The van der Waals surface area contributed by atoms with Crippen molar-refractivity contribution < 1.29 is 4.74 Å². The second-order valence-electron chi connectivity index (χ2n) is 4.53. The topological polar surface area (TPSA) is 60.2 Å². The van der Waals surface area contributed by atoms with Crippen LogP contribution in [0.1, 0.15) is 12.0 Å². The summed E-state index contributed by atoms with van der Waals surface area (Å²) in [4.78, 5) is 4.64. The van der Waals surface area contributed by atoms with E-state index in [1.54, 1.807) is 0 Å². The zero-order valence-corrected chi connectivity index (χ0v) is 11.4. The lowest BCUT2D eigenvalue weighted by Gasteiger charge is -2.10. The molecular formula is C15H21N3O. The number of rotatable bonds is 7. The van der Waals surface area contributed by atoms with Gasteiger partial charge in [-0.3, -0.25) is 0 Å². The van der Waals surface area contributed by atoms with Crippen molar-refractivity contribution in [3.05, 3.63) is 35.9 Å². The molecule has 0 radical (unpaired) electrons. The van der Waals surface area contributed by atoms with Gasteiger partial charge in [-0.2, -0.15) is 0 Å². The van der Waals surface area contributed by atoms with Gasteiger partial charge in [-0.15, -0.1) is 0 Å². The molecule has 2 aromatic rings. The van der Waals surface area contributed by atoms with Gasteiger partial charge in [-0.05, 0) is 31.0 Å². The standard InChI is InChI=1S/C15H21N3O/c1-12-11-13-5-2-3-6-14(13)18-15(12)17-8-4-9-19-10-7-16/h2-3,5-6,11H,4,7-10,16H2,1H3,(H,17,18). The molecule has 4 nitrogen and oxygen atoms in total. The number of pyridine rings is 1. The summed E-state index contributed by atoms with van der Waals surface area (Å²) < 4.78 is 5.34. The molecule has 0 aliphatic rings. The number of anilines is 1. The number of nitrogens with one attached hydrogen (secondary N) is 1. The molecule has 0 aliphatic heterocycles. The van der Waals surface area contributed by atoms with Crippen LogP contribution in [0.3, 0.4) is 0 Å². The summed E-state index contributed by atoms with van der Waals surface area (Å²) in [6.07, 6.45) is 0.952. The van der Waals surface area contributed by atoms with Crippen LogP contribution in [0.15, 0.2) is 30.3 Å². The molecule has 4 heteroatoms. The van der Waals surface area contributed by atoms with Crippen molar-refractivity contribution >= 4 is 16.7 Å². The molecule has 1 aromatic heterocycles. The van der Waals surface area contributed by atoms with E-state index in [2.05, 4.69) is 29.4 Å². The highest BCUT2D eigenvalue weighted by molar-refractivity contribution is 5.81. The summed E-state index contributed by atoms with van der Waals surface area (Å²) >= 11 is 0. The van der Waals surface area contributed by atoms with Gasteiger partial charge in [-0.1, -0.05) is 18.2 Å². The van der Waals surface area contributed by atoms with Crippen LogP contribution in [0.4, 0.5) is 5.82 Å². The summed E-state index contributed by atoms with van der Waals surface area (Å²) in [5.74, 6) is 0.956. The van der Waals surface area contributed by atoms with Gasteiger partial charge in [0.2, 0.25) is 0 Å². The lowest BCUT2D eigenvalue weighted by Crippen LogP contribution is -2.12. The molecule has 0 atom stereocenters. The highest BCUT2D eigenvalue weighted by Gasteiger charge is 2.02. The minimum Gasteiger partial charge on any atom is -0.380 e. The fourth-order valence-electron chi connectivity index (χ4n) is 1.97. The van der Waals surface area contributed by atoms with E-state index in [0.717, 1.165) is 30.9 Å². The second kappa shape index (κ2) is 7.07. The molecule has 0 amide bonds. The van der Waals surface area contributed by atoms with E-state index in [1.165, 1.54) is 10.9 Å². The van der Waals surface area contributed by atoms with Gasteiger partial charge in [-0.25, -0.2) is 4.98 Å². The van der Waals surface area contributed by atoms with Crippen molar-refractivity contribution in [2.24, 2.45) is 5.73 Å². The normalized spacial score (nSPS) is 10.8. The van der Waals surface area contributed by atoms with Crippen molar-refractivity contribution in [2.75, 3.05) is 31.6 Å². The van der Waals surface area contributed by atoms with E-state index in [0.29, 0.717) is 13.2 Å². The first-order valence-electron chi connectivity index (χ1n) is 6.69. The quantitative estimate of drug-likeness (QED) is 0.749. The first kappa shape index (κ1) is 13.8. The van der Waals surface area contributed by atoms with Crippen LogP contribution in [0, 0.1) is 6.92 Å². The Morgan fingerprint density at radius 1 is 1.26 bits per heavy atom. The molecule has 0 saturated heterocycles. The Hall–Kier alpha value is -1.65. The first-order chi connectivity index (χ1) is 9.31. The molecule has 0 saturated carbocycles. The fourth-order valence-corrected chi connectivity index (χ4v) is 1.97. The lowest BCUT2D eigenvalue weighted by atomic mass is 10.1. The van der Waals surface area contributed by atoms with E-state index >= 15 is 0 Å². The monoisotopic (exact) mass is 259 g/mol. The molecule has 0 aliphatic carbocycles. The number of hydrogen-bond acceptors (Lipinski definition) is 4. The van der Waals surface area contributed by atoms with E-state index in [4.69, 9.17) is 10.5 Å². The van der Waals surface area contributed by atoms with Gasteiger partial charge in [0.15, 0.2) is 0 Å². The maximum atomic E-state index is 5.36. The summed E-state index contributed by atoms with van der Waals surface area (Å²) in [6, 6.07) is 10.3. The molecule has 1 aromatic carbocycles. The zero-order chi connectivity index (χ0) is 13.5. The molecule has 1 heterocycles. The van der Waals surface area contributed by atoms with Gasteiger partial charge >= 0.3 is 0 Å². The average molecular weight is 259 g/mol. The fraction of sp³-hybridized carbons (Fsp3) is 0.400. The van der Waals surface area contributed by atoms with Gasteiger partial charge < -0.3 is 15.8 Å². The van der Waals surface area contributed by atoms with Gasteiger partial charge in [0.1, 0.15) is 5.82 Å². The van der Waals surface area contributed by atoms with Gasteiger partial charge in [0.25, 0.3) is 0 Å². The third kappa shape index (κ3) is 3.91. The number of nitrogens with zero attached hydrogens (tertiary/aromatic N) is 1. The Morgan fingerprint density at radius 2 is 2.11 bits per heavy atom. The van der Waals surface area contributed by atoms with Crippen LogP contribution in [0.2, 0.25) is 0 Å². The van der Waals surface area contributed by atoms with Crippen LogP contribution in [0.5, 0.6) is 0 Å². The van der Waals surface area contributed by atoms with Crippen molar-refractivity contribution in [1.82, 2.24) is 4.98 Å². The molecule has 102 valence electrons. The SMILES string of the molecule is Cc1cc2ccccc2nc1NCCCOCCN. The number of fused-ring (bicyclic) bond motifs is 1. The number of benzene rings is 1. The second-order valence-corrected chi connectivity index (χ2v) is 4.53. The number of hydrogen-bond donors (Lipinski definition) is 2. The third-order valence-electron chi connectivity index (χ3n) is 2.93. The van der Waals surface area contributed by atoms with E-state index in [9.17, 15) is 0 Å². The minimum atomic E-state index is 0.582. The average Bonchev–Trinajstić information content (AvgIpc) is 2.43. The number of aromatic nitrogens is 1. The molecule has 3 N–H and O–H groups in total. The Labute approximate surface area is 114 Å². The highest BCUT2D eigenvalue weighted by atomic mass is 16.5. The Morgan fingerprint density at radius 3 is 2.95 bits per heavy atom. The Balaban J connectivity index is 1.91.